The van der Waals surface area contributed by atoms with E-state index in [0.29, 0.717) is 36.8 Å². The Bertz CT molecular complexity index is 485. The third-order valence-corrected chi connectivity index (χ3v) is 3.02. The van der Waals surface area contributed by atoms with Crippen molar-refractivity contribution in [1.29, 1.82) is 0 Å². The number of rotatable bonds is 9. The van der Waals surface area contributed by atoms with Gasteiger partial charge in [-0.2, -0.15) is 0 Å². The van der Waals surface area contributed by atoms with Gasteiger partial charge < -0.3 is 15.2 Å². The highest BCUT2D eigenvalue weighted by atomic mass is 16.5. The zero-order valence-electron chi connectivity index (χ0n) is 12.8. The molecule has 1 aromatic rings. The molecule has 0 bridgehead atoms. The largest absolute Gasteiger partial charge is 0.492 e. The SMILES string of the molecule is CC(=O)c1ccccc1OCCNC(CC(C)C)C(=O)O. The van der Waals surface area contributed by atoms with E-state index in [0.717, 1.165) is 0 Å². The van der Waals surface area contributed by atoms with Crippen molar-refractivity contribution in [2.75, 3.05) is 13.2 Å². The van der Waals surface area contributed by atoms with E-state index in [4.69, 9.17) is 9.84 Å². The number of aliphatic carboxylic acids is 1. The molecule has 0 saturated carbocycles. The maximum absolute atomic E-state index is 11.4. The lowest BCUT2D eigenvalue weighted by Crippen LogP contribution is -2.39. The average Bonchev–Trinajstić information content (AvgIpc) is 2.41. The van der Waals surface area contributed by atoms with E-state index in [-0.39, 0.29) is 5.78 Å². The van der Waals surface area contributed by atoms with Crippen molar-refractivity contribution in [2.45, 2.75) is 33.2 Å². The van der Waals surface area contributed by atoms with Gasteiger partial charge in [-0.25, -0.2) is 0 Å². The van der Waals surface area contributed by atoms with Gasteiger partial charge in [-0.3, -0.25) is 9.59 Å². The molecule has 0 amide bonds. The summed E-state index contributed by atoms with van der Waals surface area (Å²) in [6, 6.07) is 6.46. The Morgan fingerprint density at radius 1 is 1.29 bits per heavy atom. The van der Waals surface area contributed by atoms with Crippen LogP contribution in [0.1, 0.15) is 37.6 Å². The van der Waals surface area contributed by atoms with E-state index in [1.165, 1.54) is 6.92 Å². The number of carbonyl (C=O) groups is 2. The van der Waals surface area contributed by atoms with Crippen LogP contribution in [-0.4, -0.2) is 36.1 Å². The molecule has 1 aromatic carbocycles. The summed E-state index contributed by atoms with van der Waals surface area (Å²) in [5.41, 5.74) is 0.537. The molecule has 0 spiro atoms. The van der Waals surface area contributed by atoms with E-state index in [9.17, 15) is 9.59 Å². The molecule has 21 heavy (non-hydrogen) atoms. The fourth-order valence-corrected chi connectivity index (χ4v) is 2.02. The molecule has 1 rings (SSSR count). The second kappa shape index (κ2) is 8.42. The first-order valence-corrected chi connectivity index (χ1v) is 7.10. The van der Waals surface area contributed by atoms with E-state index in [1.54, 1.807) is 24.3 Å². The van der Waals surface area contributed by atoms with Gasteiger partial charge in [0.1, 0.15) is 18.4 Å². The third kappa shape index (κ3) is 5.95. The Kier molecular flexibility index (Phi) is 6.88. The van der Waals surface area contributed by atoms with Gasteiger partial charge in [-0.15, -0.1) is 0 Å². The average molecular weight is 293 g/mol. The summed E-state index contributed by atoms with van der Waals surface area (Å²) < 4.78 is 5.56. The minimum absolute atomic E-state index is 0.0539. The van der Waals surface area contributed by atoms with Gasteiger partial charge in [0, 0.05) is 6.54 Å². The molecule has 0 heterocycles. The summed E-state index contributed by atoms with van der Waals surface area (Å²) in [4.78, 5) is 22.5. The number of carbonyl (C=O) groups excluding carboxylic acids is 1. The number of carboxylic acid groups (broad SMARTS) is 1. The summed E-state index contributed by atoms with van der Waals surface area (Å²) >= 11 is 0. The molecule has 0 aliphatic carbocycles. The fraction of sp³-hybridized carbons (Fsp3) is 0.500. The Labute approximate surface area is 125 Å². The molecule has 0 fully saturated rings. The lowest BCUT2D eigenvalue weighted by atomic mass is 10.0. The molecule has 5 heteroatoms. The van der Waals surface area contributed by atoms with Crippen molar-refractivity contribution in [3.8, 4) is 5.75 Å². The van der Waals surface area contributed by atoms with Crippen molar-refractivity contribution in [2.24, 2.45) is 5.92 Å². The number of hydrogen-bond acceptors (Lipinski definition) is 4. The molecular formula is C16H23NO4. The molecule has 1 unspecified atom stereocenters. The predicted molar refractivity (Wildman–Crippen MR) is 80.8 cm³/mol. The van der Waals surface area contributed by atoms with Crippen LogP contribution in [0.5, 0.6) is 5.75 Å². The van der Waals surface area contributed by atoms with Gasteiger partial charge in [0.2, 0.25) is 0 Å². The monoisotopic (exact) mass is 293 g/mol. The first kappa shape index (κ1) is 17.2. The van der Waals surface area contributed by atoms with Gasteiger partial charge in [0.05, 0.1) is 5.56 Å². The number of benzene rings is 1. The van der Waals surface area contributed by atoms with Crippen LogP contribution in [0.4, 0.5) is 0 Å². The predicted octanol–water partition coefficient (Wildman–Crippen LogP) is 2.36. The van der Waals surface area contributed by atoms with Crippen molar-refractivity contribution in [1.82, 2.24) is 5.32 Å². The van der Waals surface area contributed by atoms with E-state index in [1.807, 2.05) is 13.8 Å². The molecule has 0 radical (unpaired) electrons. The number of nitrogens with one attached hydrogen (secondary N) is 1. The number of ether oxygens (including phenoxy) is 1. The summed E-state index contributed by atoms with van der Waals surface area (Å²) in [6.07, 6.45) is 0.569. The Morgan fingerprint density at radius 3 is 2.52 bits per heavy atom. The van der Waals surface area contributed by atoms with Crippen LogP contribution < -0.4 is 10.1 Å². The zero-order valence-corrected chi connectivity index (χ0v) is 12.8. The first-order chi connectivity index (χ1) is 9.91. The van der Waals surface area contributed by atoms with Crippen LogP contribution in [0.25, 0.3) is 0 Å². The summed E-state index contributed by atoms with van der Waals surface area (Å²) in [7, 11) is 0. The van der Waals surface area contributed by atoms with Crippen LogP contribution in [0.2, 0.25) is 0 Å². The number of carboxylic acids is 1. The second-order valence-electron chi connectivity index (χ2n) is 5.38. The molecule has 0 aliphatic rings. The highest BCUT2D eigenvalue weighted by Crippen LogP contribution is 2.18. The molecule has 1 atom stereocenters. The second-order valence-corrected chi connectivity index (χ2v) is 5.38. The number of para-hydroxylation sites is 1. The lowest BCUT2D eigenvalue weighted by molar-refractivity contribution is -0.139. The molecule has 0 aromatic heterocycles. The third-order valence-electron chi connectivity index (χ3n) is 3.02. The van der Waals surface area contributed by atoms with E-state index in [2.05, 4.69) is 5.32 Å². The Hall–Kier alpha value is -1.88. The van der Waals surface area contributed by atoms with Crippen molar-refractivity contribution in [3.63, 3.8) is 0 Å². The Balaban J connectivity index is 2.46. The van der Waals surface area contributed by atoms with Crippen molar-refractivity contribution < 1.29 is 19.4 Å². The smallest absolute Gasteiger partial charge is 0.320 e. The van der Waals surface area contributed by atoms with Gasteiger partial charge in [-0.1, -0.05) is 26.0 Å². The van der Waals surface area contributed by atoms with Gasteiger partial charge >= 0.3 is 5.97 Å². The van der Waals surface area contributed by atoms with Gasteiger partial charge in [0.15, 0.2) is 5.78 Å². The highest BCUT2D eigenvalue weighted by Gasteiger charge is 2.17. The quantitative estimate of drug-likeness (QED) is 0.540. The van der Waals surface area contributed by atoms with Crippen LogP contribution in [-0.2, 0) is 4.79 Å². The fourth-order valence-electron chi connectivity index (χ4n) is 2.02. The maximum Gasteiger partial charge on any atom is 0.320 e. The molecule has 5 nitrogen and oxygen atoms in total. The van der Waals surface area contributed by atoms with Crippen LogP contribution >= 0.6 is 0 Å². The van der Waals surface area contributed by atoms with Crippen LogP contribution in [0, 0.1) is 5.92 Å². The summed E-state index contributed by atoms with van der Waals surface area (Å²) in [5.74, 6) is -0.0740. The summed E-state index contributed by atoms with van der Waals surface area (Å²) in [5, 5.41) is 12.1. The van der Waals surface area contributed by atoms with Crippen LogP contribution in [0.3, 0.4) is 0 Å². The van der Waals surface area contributed by atoms with Crippen molar-refractivity contribution >= 4 is 11.8 Å². The van der Waals surface area contributed by atoms with E-state index < -0.39 is 12.0 Å². The molecule has 2 N–H and O–H groups in total. The zero-order chi connectivity index (χ0) is 15.8. The van der Waals surface area contributed by atoms with E-state index >= 15 is 0 Å². The minimum atomic E-state index is -0.854. The minimum Gasteiger partial charge on any atom is -0.492 e. The Morgan fingerprint density at radius 2 is 1.95 bits per heavy atom. The highest BCUT2D eigenvalue weighted by molar-refractivity contribution is 5.96. The van der Waals surface area contributed by atoms with Gasteiger partial charge in [0.25, 0.3) is 0 Å². The van der Waals surface area contributed by atoms with Gasteiger partial charge in [-0.05, 0) is 31.4 Å². The standard InChI is InChI=1S/C16H23NO4/c1-11(2)10-14(16(19)20)17-8-9-21-15-7-5-4-6-13(15)12(3)18/h4-7,11,14,17H,8-10H2,1-3H3,(H,19,20). The topological polar surface area (TPSA) is 75.6 Å². The van der Waals surface area contributed by atoms with Crippen LogP contribution in [0.15, 0.2) is 24.3 Å². The lowest BCUT2D eigenvalue weighted by Gasteiger charge is -2.17. The summed E-state index contributed by atoms with van der Waals surface area (Å²) in [6.45, 7) is 6.18. The first-order valence-electron chi connectivity index (χ1n) is 7.10. The molecular weight excluding hydrogens is 270 g/mol. The van der Waals surface area contributed by atoms with Crippen molar-refractivity contribution in [3.05, 3.63) is 29.8 Å². The molecule has 116 valence electrons. The number of hydrogen-bond donors (Lipinski definition) is 2. The molecule has 0 aliphatic heterocycles. The normalized spacial score (nSPS) is 12.2. The maximum atomic E-state index is 11.4. The number of Topliss-reactive ketones (excluding diaryl/α,β-unsaturated/α-hetero) is 1. The number of ketones is 1. The molecule has 0 saturated heterocycles.